The normalized spacial score (nSPS) is 18.3. The zero-order valence-electron chi connectivity index (χ0n) is 16.8. The lowest BCUT2D eigenvalue weighted by Gasteiger charge is -2.17. The summed E-state index contributed by atoms with van der Waals surface area (Å²) in [5, 5.41) is 16.0. The number of hydrogen-bond acceptors (Lipinski definition) is 6. The minimum absolute atomic E-state index is 0.346. The van der Waals surface area contributed by atoms with Crippen LogP contribution in [0.15, 0.2) is 66.4 Å². The summed E-state index contributed by atoms with van der Waals surface area (Å²) >= 11 is 0. The Morgan fingerprint density at radius 1 is 1.07 bits per heavy atom. The van der Waals surface area contributed by atoms with Crippen LogP contribution in [0.25, 0.3) is 0 Å². The Bertz CT molecular complexity index is 1210. The van der Waals surface area contributed by atoms with E-state index in [1.807, 2.05) is 44.2 Å². The van der Waals surface area contributed by atoms with E-state index in [2.05, 4.69) is 21.7 Å². The van der Waals surface area contributed by atoms with Gasteiger partial charge in [0, 0.05) is 11.4 Å². The molecular weight excluding hydrogens is 400 g/mol. The Balaban J connectivity index is 1.98. The van der Waals surface area contributed by atoms with Crippen molar-refractivity contribution >= 4 is 27.4 Å². The highest BCUT2D eigenvalue weighted by Crippen LogP contribution is 2.29. The molecule has 0 radical (unpaired) electrons. The first-order chi connectivity index (χ1) is 14.1. The zero-order valence-corrected chi connectivity index (χ0v) is 17.7. The van der Waals surface area contributed by atoms with Crippen molar-refractivity contribution in [2.75, 3.05) is 10.6 Å². The highest BCUT2D eigenvalue weighted by atomic mass is 32.2. The average molecular weight is 423 g/mol. The van der Waals surface area contributed by atoms with E-state index in [4.69, 9.17) is 0 Å². The molecule has 0 fully saturated rings. The number of nitrogens with zero attached hydrogens (tertiary/aromatic N) is 2. The Hall–Kier alpha value is -3.41. The van der Waals surface area contributed by atoms with Crippen LogP contribution in [-0.4, -0.2) is 22.7 Å². The van der Waals surface area contributed by atoms with Gasteiger partial charge in [-0.1, -0.05) is 36.4 Å². The maximum atomic E-state index is 11.7. The van der Waals surface area contributed by atoms with Crippen molar-refractivity contribution in [2.45, 2.75) is 25.5 Å². The fourth-order valence-electron chi connectivity index (χ4n) is 2.90. The summed E-state index contributed by atoms with van der Waals surface area (Å²) in [6.45, 7) is 5.13. The minimum Gasteiger partial charge on any atom is -0.340 e. The summed E-state index contributed by atoms with van der Waals surface area (Å²) in [5.41, 5.74) is 3.42. The maximum Gasteiger partial charge on any atom is 0.277 e. The fraction of sp³-hybridized carbons (Fsp3) is 0.182. The molecule has 2 aromatic rings. The van der Waals surface area contributed by atoms with Crippen LogP contribution in [-0.2, 0) is 10.1 Å². The summed E-state index contributed by atoms with van der Waals surface area (Å²) in [5.74, 6) is 0.954. The minimum atomic E-state index is -4.32. The number of nitriles is 1. The lowest BCUT2D eigenvalue weighted by Crippen LogP contribution is -2.30. The number of aromatic nitrogens is 1. The molecule has 1 atom stereocenters. The summed E-state index contributed by atoms with van der Waals surface area (Å²) in [4.78, 5) is 4.60. The molecular formula is C22H22N4O3S. The molecule has 0 bridgehead atoms. The average Bonchev–Trinajstić information content (AvgIpc) is 2.89. The lowest BCUT2D eigenvalue weighted by molar-refractivity contribution is 0.466. The first-order valence-electron chi connectivity index (χ1n) is 9.21. The second kappa shape index (κ2) is 8.14. The summed E-state index contributed by atoms with van der Waals surface area (Å²) < 4.78 is 31.3. The van der Waals surface area contributed by atoms with Crippen LogP contribution in [0.1, 0.15) is 23.6 Å². The van der Waals surface area contributed by atoms with E-state index in [-0.39, 0.29) is 0 Å². The van der Waals surface area contributed by atoms with Crippen LogP contribution < -0.4 is 10.6 Å². The maximum absolute atomic E-state index is 11.7. The molecule has 0 spiro atoms. The number of anilines is 3. The van der Waals surface area contributed by atoms with E-state index >= 15 is 0 Å². The van der Waals surface area contributed by atoms with Gasteiger partial charge in [-0.2, -0.15) is 13.7 Å². The van der Waals surface area contributed by atoms with E-state index in [0.717, 1.165) is 16.8 Å². The molecule has 0 saturated heterocycles. The van der Waals surface area contributed by atoms with E-state index in [9.17, 15) is 18.2 Å². The van der Waals surface area contributed by atoms with Gasteiger partial charge in [0.15, 0.2) is 5.82 Å². The second-order valence-corrected chi connectivity index (χ2v) is 8.96. The third-order valence-electron chi connectivity index (χ3n) is 5.02. The molecule has 7 nitrogen and oxygen atoms in total. The molecule has 0 aliphatic heterocycles. The molecule has 30 heavy (non-hydrogen) atoms. The van der Waals surface area contributed by atoms with Crippen molar-refractivity contribution in [1.82, 2.24) is 4.98 Å². The van der Waals surface area contributed by atoms with Gasteiger partial charge in [-0.25, -0.2) is 4.98 Å². The molecule has 1 aromatic carbocycles. The van der Waals surface area contributed by atoms with Crippen LogP contribution in [0.3, 0.4) is 0 Å². The quantitative estimate of drug-likeness (QED) is 0.612. The Kier molecular flexibility index (Phi) is 5.78. The van der Waals surface area contributed by atoms with Crippen molar-refractivity contribution in [3.05, 3.63) is 83.1 Å². The summed E-state index contributed by atoms with van der Waals surface area (Å²) in [6.07, 6.45) is 7.48. The summed E-state index contributed by atoms with van der Waals surface area (Å²) in [6, 6.07) is 11.8. The first kappa shape index (κ1) is 21.3. The van der Waals surface area contributed by atoms with Crippen LogP contribution in [0.4, 0.5) is 17.3 Å². The molecule has 3 N–H and O–H groups in total. The van der Waals surface area contributed by atoms with E-state index in [1.165, 1.54) is 31.2 Å². The van der Waals surface area contributed by atoms with Gasteiger partial charge in [0.25, 0.3) is 10.1 Å². The molecule has 0 saturated carbocycles. The molecule has 0 amide bonds. The molecule has 1 aliphatic carbocycles. The molecule has 1 unspecified atom stereocenters. The zero-order chi connectivity index (χ0) is 21.9. The Morgan fingerprint density at radius 3 is 2.40 bits per heavy atom. The van der Waals surface area contributed by atoms with E-state index in [0.29, 0.717) is 22.9 Å². The SMILES string of the molecule is Cc1c(Nc2ccccc2)nc(NC2=CC=CC(C)(S(=O)(=O)O)C=C2)c(C#N)c1C. The van der Waals surface area contributed by atoms with Gasteiger partial charge in [0.1, 0.15) is 16.6 Å². The van der Waals surface area contributed by atoms with Gasteiger partial charge in [-0.15, -0.1) is 0 Å². The topological polar surface area (TPSA) is 115 Å². The third kappa shape index (κ3) is 4.27. The van der Waals surface area contributed by atoms with Crippen molar-refractivity contribution < 1.29 is 13.0 Å². The van der Waals surface area contributed by atoms with Gasteiger partial charge in [-0.05, 0) is 56.2 Å². The standard InChI is InChI=1S/C22H22N4O3S/c1-15-16(2)20(24-17-8-5-4-6-9-17)26-21(19(15)14-23)25-18-10-7-12-22(3,13-11-18)30(27,28)29/h4-13H,1-3H3,(H2,24,25,26)(H,27,28,29). The van der Waals surface area contributed by atoms with Gasteiger partial charge < -0.3 is 10.6 Å². The van der Waals surface area contributed by atoms with Crippen LogP contribution in [0.2, 0.25) is 0 Å². The van der Waals surface area contributed by atoms with E-state index < -0.39 is 14.9 Å². The van der Waals surface area contributed by atoms with Gasteiger partial charge in [-0.3, -0.25) is 4.55 Å². The highest BCUT2D eigenvalue weighted by Gasteiger charge is 2.33. The largest absolute Gasteiger partial charge is 0.340 e. The van der Waals surface area contributed by atoms with Gasteiger partial charge in [0.05, 0.1) is 5.56 Å². The predicted octanol–water partition coefficient (Wildman–Crippen LogP) is 4.38. The van der Waals surface area contributed by atoms with Gasteiger partial charge in [0.2, 0.25) is 0 Å². The van der Waals surface area contributed by atoms with Crippen LogP contribution in [0, 0.1) is 25.2 Å². The molecule has 154 valence electrons. The van der Waals surface area contributed by atoms with Crippen molar-refractivity contribution in [2.24, 2.45) is 0 Å². The monoisotopic (exact) mass is 422 g/mol. The number of nitrogens with one attached hydrogen (secondary N) is 2. The number of allylic oxidation sites excluding steroid dienone is 3. The molecule has 8 heteroatoms. The fourth-order valence-corrected chi connectivity index (χ4v) is 3.39. The Labute approximate surface area is 176 Å². The summed E-state index contributed by atoms with van der Waals surface area (Å²) in [7, 11) is -4.32. The second-order valence-electron chi connectivity index (χ2n) is 7.14. The number of benzene rings is 1. The third-order valence-corrected chi connectivity index (χ3v) is 6.40. The number of hydrogen-bond donors (Lipinski definition) is 3. The van der Waals surface area contributed by atoms with Crippen molar-refractivity contribution in [3.63, 3.8) is 0 Å². The number of para-hydroxylation sites is 1. The van der Waals surface area contributed by atoms with E-state index in [1.54, 1.807) is 6.08 Å². The molecule has 1 aliphatic rings. The molecule has 1 heterocycles. The van der Waals surface area contributed by atoms with Crippen LogP contribution >= 0.6 is 0 Å². The predicted molar refractivity (Wildman–Crippen MR) is 118 cm³/mol. The Morgan fingerprint density at radius 2 is 1.77 bits per heavy atom. The first-order valence-corrected chi connectivity index (χ1v) is 10.6. The number of pyridine rings is 1. The highest BCUT2D eigenvalue weighted by molar-refractivity contribution is 7.87. The smallest absolute Gasteiger partial charge is 0.277 e. The van der Waals surface area contributed by atoms with Gasteiger partial charge >= 0.3 is 0 Å². The lowest BCUT2D eigenvalue weighted by atomic mass is 10.1. The molecule has 3 rings (SSSR count). The number of rotatable bonds is 5. The van der Waals surface area contributed by atoms with Crippen molar-refractivity contribution in [3.8, 4) is 6.07 Å². The van der Waals surface area contributed by atoms with Crippen LogP contribution in [0.5, 0.6) is 0 Å². The molecule has 1 aromatic heterocycles. The van der Waals surface area contributed by atoms with Crippen molar-refractivity contribution in [1.29, 1.82) is 5.26 Å².